The lowest BCUT2D eigenvalue weighted by Gasteiger charge is -2.12. The SMILES string of the molecule is O=C(Nc1cccc2cc(Br)cnc12)[C@H]1CCCN1. The van der Waals surface area contributed by atoms with Crippen LogP contribution in [0.1, 0.15) is 12.8 Å². The van der Waals surface area contributed by atoms with Crippen molar-refractivity contribution in [3.05, 3.63) is 34.9 Å². The molecule has 3 rings (SSSR count). The van der Waals surface area contributed by atoms with E-state index in [-0.39, 0.29) is 11.9 Å². The third-order valence-electron chi connectivity index (χ3n) is 3.31. The first kappa shape index (κ1) is 12.6. The van der Waals surface area contributed by atoms with Crippen molar-refractivity contribution in [2.24, 2.45) is 0 Å². The van der Waals surface area contributed by atoms with Gasteiger partial charge in [0.05, 0.1) is 17.2 Å². The van der Waals surface area contributed by atoms with E-state index in [1.165, 1.54) is 0 Å². The maximum atomic E-state index is 12.1. The highest BCUT2D eigenvalue weighted by atomic mass is 79.9. The van der Waals surface area contributed by atoms with Crippen molar-refractivity contribution in [2.75, 3.05) is 11.9 Å². The van der Waals surface area contributed by atoms with Gasteiger partial charge in [-0.3, -0.25) is 9.78 Å². The molecule has 0 saturated carbocycles. The van der Waals surface area contributed by atoms with Gasteiger partial charge in [-0.1, -0.05) is 12.1 Å². The molecule has 0 unspecified atom stereocenters. The Morgan fingerprint density at radius 2 is 2.37 bits per heavy atom. The molecule has 1 fully saturated rings. The number of carbonyl (C=O) groups excluding carboxylic acids is 1. The van der Waals surface area contributed by atoms with Gasteiger partial charge in [-0.2, -0.15) is 0 Å². The van der Waals surface area contributed by atoms with E-state index in [1.54, 1.807) is 6.20 Å². The lowest BCUT2D eigenvalue weighted by Crippen LogP contribution is -2.35. The summed E-state index contributed by atoms with van der Waals surface area (Å²) in [5, 5.41) is 7.17. The quantitative estimate of drug-likeness (QED) is 0.894. The molecule has 1 amide bonds. The lowest BCUT2D eigenvalue weighted by atomic mass is 10.1. The normalized spacial score (nSPS) is 18.7. The first-order valence-corrected chi connectivity index (χ1v) is 7.12. The first-order valence-electron chi connectivity index (χ1n) is 6.32. The zero-order valence-corrected chi connectivity index (χ0v) is 11.9. The Morgan fingerprint density at radius 3 is 3.16 bits per heavy atom. The Labute approximate surface area is 119 Å². The number of para-hydroxylation sites is 1. The van der Waals surface area contributed by atoms with E-state index in [4.69, 9.17) is 0 Å². The first-order chi connectivity index (χ1) is 9.24. The topological polar surface area (TPSA) is 54.0 Å². The fraction of sp³-hybridized carbons (Fsp3) is 0.286. The van der Waals surface area contributed by atoms with Gasteiger partial charge < -0.3 is 10.6 Å². The summed E-state index contributed by atoms with van der Waals surface area (Å²) in [6, 6.07) is 7.71. The predicted octanol–water partition coefficient (Wildman–Crippen LogP) is 2.69. The molecule has 1 aromatic carbocycles. The van der Waals surface area contributed by atoms with Gasteiger partial charge in [-0.05, 0) is 47.4 Å². The number of nitrogens with zero attached hydrogens (tertiary/aromatic N) is 1. The van der Waals surface area contributed by atoms with Gasteiger partial charge in [0, 0.05) is 16.1 Å². The zero-order valence-electron chi connectivity index (χ0n) is 10.3. The van der Waals surface area contributed by atoms with E-state index >= 15 is 0 Å². The third-order valence-corrected chi connectivity index (χ3v) is 3.75. The molecule has 4 nitrogen and oxygen atoms in total. The summed E-state index contributed by atoms with van der Waals surface area (Å²) in [6.45, 7) is 0.915. The van der Waals surface area contributed by atoms with Crippen molar-refractivity contribution in [3.63, 3.8) is 0 Å². The molecule has 0 spiro atoms. The summed E-state index contributed by atoms with van der Waals surface area (Å²) in [5.74, 6) is 0.0229. The number of hydrogen-bond donors (Lipinski definition) is 2. The number of halogens is 1. The molecule has 1 aliphatic rings. The summed E-state index contributed by atoms with van der Waals surface area (Å²) >= 11 is 3.40. The molecule has 1 aliphatic heterocycles. The number of pyridine rings is 1. The van der Waals surface area contributed by atoms with Crippen molar-refractivity contribution >= 4 is 38.4 Å². The van der Waals surface area contributed by atoms with Gasteiger partial charge in [0.15, 0.2) is 0 Å². The Kier molecular flexibility index (Phi) is 3.48. The van der Waals surface area contributed by atoms with Gasteiger partial charge in [0.1, 0.15) is 0 Å². The second-order valence-electron chi connectivity index (χ2n) is 4.67. The fourth-order valence-corrected chi connectivity index (χ4v) is 2.71. The second-order valence-corrected chi connectivity index (χ2v) is 5.58. The minimum Gasteiger partial charge on any atom is -0.323 e. The van der Waals surface area contributed by atoms with E-state index in [0.29, 0.717) is 0 Å². The molecule has 0 bridgehead atoms. The monoisotopic (exact) mass is 319 g/mol. The van der Waals surface area contributed by atoms with Gasteiger partial charge >= 0.3 is 0 Å². The predicted molar refractivity (Wildman–Crippen MR) is 79.1 cm³/mol. The van der Waals surface area contributed by atoms with E-state index in [9.17, 15) is 4.79 Å². The number of nitrogens with one attached hydrogen (secondary N) is 2. The molecule has 19 heavy (non-hydrogen) atoms. The van der Waals surface area contributed by atoms with Crippen LogP contribution in [0.3, 0.4) is 0 Å². The van der Waals surface area contributed by atoms with Crippen LogP contribution < -0.4 is 10.6 Å². The minimum absolute atomic E-state index is 0.0229. The molecule has 5 heteroatoms. The van der Waals surface area contributed by atoms with Gasteiger partial charge in [-0.15, -0.1) is 0 Å². The van der Waals surface area contributed by atoms with E-state index < -0.39 is 0 Å². The van der Waals surface area contributed by atoms with Crippen molar-refractivity contribution in [1.82, 2.24) is 10.3 Å². The van der Waals surface area contributed by atoms with E-state index in [2.05, 4.69) is 31.5 Å². The summed E-state index contributed by atoms with van der Waals surface area (Å²) < 4.78 is 0.931. The number of rotatable bonds is 2. The van der Waals surface area contributed by atoms with Crippen molar-refractivity contribution in [2.45, 2.75) is 18.9 Å². The van der Waals surface area contributed by atoms with Crippen molar-refractivity contribution < 1.29 is 4.79 Å². The lowest BCUT2D eigenvalue weighted by molar-refractivity contribution is -0.117. The minimum atomic E-state index is -0.0781. The standard InChI is InChI=1S/C14H14BrN3O/c15-10-7-9-3-1-4-11(13(9)17-8-10)18-14(19)12-5-2-6-16-12/h1,3-4,7-8,12,16H,2,5-6H2,(H,18,19)/t12-/m1/s1. The average molecular weight is 320 g/mol. The summed E-state index contributed by atoms with van der Waals surface area (Å²) in [6.07, 6.45) is 3.69. The van der Waals surface area contributed by atoms with Gasteiger partial charge in [-0.25, -0.2) is 0 Å². The number of hydrogen-bond acceptors (Lipinski definition) is 3. The Balaban J connectivity index is 1.90. The Hall–Kier alpha value is -1.46. The molecule has 0 aliphatic carbocycles. The smallest absolute Gasteiger partial charge is 0.241 e. The molecule has 98 valence electrons. The second kappa shape index (κ2) is 5.27. The van der Waals surface area contributed by atoms with Crippen LogP contribution in [0.5, 0.6) is 0 Å². The van der Waals surface area contributed by atoms with Crippen LogP contribution in [0.15, 0.2) is 34.9 Å². The van der Waals surface area contributed by atoms with Gasteiger partial charge in [0.25, 0.3) is 0 Å². The molecule has 1 saturated heterocycles. The molecule has 1 aromatic heterocycles. The van der Waals surface area contributed by atoms with Crippen LogP contribution in [0.4, 0.5) is 5.69 Å². The number of anilines is 1. The van der Waals surface area contributed by atoms with Crippen LogP contribution in [0.25, 0.3) is 10.9 Å². The largest absolute Gasteiger partial charge is 0.323 e. The Bertz CT molecular complexity index is 623. The zero-order chi connectivity index (χ0) is 13.2. The molecule has 0 radical (unpaired) electrons. The van der Waals surface area contributed by atoms with Gasteiger partial charge in [0.2, 0.25) is 5.91 Å². The molecule has 2 heterocycles. The summed E-state index contributed by atoms with van der Waals surface area (Å²) in [4.78, 5) is 16.5. The number of carbonyl (C=O) groups is 1. The summed E-state index contributed by atoms with van der Waals surface area (Å²) in [7, 11) is 0. The summed E-state index contributed by atoms with van der Waals surface area (Å²) in [5.41, 5.74) is 1.58. The van der Waals surface area contributed by atoms with Crippen LogP contribution in [0, 0.1) is 0 Å². The molecular formula is C14H14BrN3O. The van der Waals surface area contributed by atoms with Crippen molar-refractivity contribution in [1.29, 1.82) is 0 Å². The average Bonchev–Trinajstić information content (AvgIpc) is 2.92. The van der Waals surface area contributed by atoms with E-state index in [1.807, 2.05) is 24.3 Å². The van der Waals surface area contributed by atoms with Crippen LogP contribution >= 0.6 is 15.9 Å². The van der Waals surface area contributed by atoms with E-state index in [0.717, 1.165) is 40.4 Å². The van der Waals surface area contributed by atoms with Crippen molar-refractivity contribution in [3.8, 4) is 0 Å². The Morgan fingerprint density at radius 1 is 1.47 bits per heavy atom. The maximum Gasteiger partial charge on any atom is 0.241 e. The highest BCUT2D eigenvalue weighted by molar-refractivity contribution is 9.10. The highest BCUT2D eigenvalue weighted by Gasteiger charge is 2.22. The van der Waals surface area contributed by atoms with Crippen LogP contribution in [-0.4, -0.2) is 23.5 Å². The highest BCUT2D eigenvalue weighted by Crippen LogP contribution is 2.24. The molecule has 2 aromatic rings. The molecule has 2 N–H and O–H groups in total. The number of aromatic nitrogens is 1. The number of benzene rings is 1. The molecule has 1 atom stereocenters. The third kappa shape index (κ3) is 2.62. The van der Waals surface area contributed by atoms with Crippen LogP contribution in [0.2, 0.25) is 0 Å². The van der Waals surface area contributed by atoms with Crippen LogP contribution in [-0.2, 0) is 4.79 Å². The fourth-order valence-electron chi connectivity index (χ4n) is 2.36. The number of fused-ring (bicyclic) bond motifs is 1. The molecular weight excluding hydrogens is 306 g/mol. The number of amides is 1. The maximum absolute atomic E-state index is 12.1.